The highest BCUT2D eigenvalue weighted by Gasteiger charge is 2.37. The molecule has 1 saturated heterocycles. The zero-order valence-corrected chi connectivity index (χ0v) is 13.7. The molecule has 4 rings (SSSR count). The summed E-state index contributed by atoms with van der Waals surface area (Å²) in [7, 11) is 0. The quantitative estimate of drug-likeness (QED) is 0.658. The van der Waals surface area contributed by atoms with Gasteiger partial charge in [-0.15, -0.1) is 0 Å². The normalized spacial score (nSPS) is 21.8. The topological polar surface area (TPSA) is 116 Å². The highest BCUT2D eigenvalue weighted by atomic mass is 16.5. The zero-order chi connectivity index (χ0) is 18.4. The highest BCUT2D eigenvalue weighted by Crippen LogP contribution is 2.48. The Morgan fingerprint density at radius 1 is 1.04 bits per heavy atom. The van der Waals surface area contributed by atoms with Crippen LogP contribution in [0.4, 0.5) is 0 Å². The molecule has 2 aliphatic heterocycles. The first-order chi connectivity index (χ1) is 12.4. The van der Waals surface area contributed by atoms with Gasteiger partial charge in [0, 0.05) is 12.5 Å². The van der Waals surface area contributed by atoms with Crippen molar-refractivity contribution in [2.45, 2.75) is 31.4 Å². The van der Waals surface area contributed by atoms with E-state index >= 15 is 0 Å². The summed E-state index contributed by atoms with van der Waals surface area (Å²) in [5, 5.41) is 32.7. The molecule has 2 atom stereocenters. The number of rotatable bonds is 2. The number of phenolic OH excluding ortho intramolecular Hbond substituents is 3. The smallest absolute Gasteiger partial charge is 0.220 e. The number of ketones is 1. The first kappa shape index (κ1) is 16.3. The molecule has 2 heterocycles. The number of carbonyl (C=O) groups is 2. The van der Waals surface area contributed by atoms with Gasteiger partial charge in [-0.05, 0) is 24.1 Å². The molecule has 7 nitrogen and oxygen atoms in total. The van der Waals surface area contributed by atoms with Crippen molar-refractivity contribution in [3.8, 4) is 23.0 Å². The van der Waals surface area contributed by atoms with E-state index in [0.29, 0.717) is 24.0 Å². The Morgan fingerprint density at radius 3 is 2.42 bits per heavy atom. The molecule has 26 heavy (non-hydrogen) atoms. The standard InChI is InChI=1S/C19H17NO6/c21-10-3-1-9(2-4-10)15-8-14(24)18-13(23)7-12(22)17(19(18)26-15)11-5-6-16(25)20-11/h1-4,7,11,15,21-23H,5-6,8H2,(H,20,25)/t11-,15-/m1/s1. The molecule has 0 saturated carbocycles. The Balaban J connectivity index is 1.80. The first-order valence-corrected chi connectivity index (χ1v) is 8.31. The Labute approximate surface area is 148 Å². The summed E-state index contributed by atoms with van der Waals surface area (Å²) in [6.07, 6.45) is 0.180. The Bertz CT molecular complexity index is 905. The molecule has 4 N–H and O–H groups in total. The number of ether oxygens (including phenoxy) is 1. The van der Waals surface area contributed by atoms with Gasteiger partial charge in [-0.25, -0.2) is 0 Å². The number of aromatic hydroxyl groups is 3. The van der Waals surface area contributed by atoms with Crippen LogP contribution in [-0.2, 0) is 4.79 Å². The van der Waals surface area contributed by atoms with E-state index in [-0.39, 0.29) is 46.7 Å². The van der Waals surface area contributed by atoms with Crippen LogP contribution in [0.2, 0.25) is 0 Å². The van der Waals surface area contributed by atoms with E-state index in [9.17, 15) is 24.9 Å². The summed E-state index contributed by atoms with van der Waals surface area (Å²) in [6.45, 7) is 0. The third-order valence-electron chi connectivity index (χ3n) is 4.80. The van der Waals surface area contributed by atoms with E-state index < -0.39 is 12.1 Å². The van der Waals surface area contributed by atoms with Crippen molar-refractivity contribution < 1.29 is 29.6 Å². The minimum atomic E-state index is -0.618. The molecule has 134 valence electrons. The van der Waals surface area contributed by atoms with Gasteiger partial charge in [0.15, 0.2) is 5.78 Å². The molecular weight excluding hydrogens is 338 g/mol. The van der Waals surface area contributed by atoms with Crippen LogP contribution in [0.1, 0.15) is 52.9 Å². The van der Waals surface area contributed by atoms with Gasteiger partial charge in [0.05, 0.1) is 18.0 Å². The Hall–Kier alpha value is -3.22. The average Bonchev–Trinajstić information content (AvgIpc) is 3.00. The van der Waals surface area contributed by atoms with Crippen LogP contribution in [0.3, 0.4) is 0 Å². The van der Waals surface area contributed by atoms with E-state index in [1.165, 1.54) is 12.1 Å². The van der Waals surface area contributed by atoms with E-state index in [2.05, 4.69) is 5.32 Å². The van der Waals surface area contributed by atoms with Gasteiger partial charge >= 0.3 is 0 Å². The third kappa shape index (κ3) is 2.61. The largest absolute Gasteiger partial charge is 0.508 e. The SMILES string of the molecule is O=C1CC[C@H](c2c(O)cc(O)c3c2O[C@@H](c2ccc(O)cc2)CC3=O)N1. The second-order valence-electron chi connectivity index (χ2n) is 6.52. The van der Waals surface area contributed by atoms with E-state index in [4.69, 9.17) is 4.74 Å². The lowest BCUT2D eigenvalue weighted by Gasteiger charge is -2.29. The van der Waals surface area contributed by atoms with E-state index in [1.807, 2.05) is 0 Å². The number of carbonyl (C=O) groups excluding carboxylic acids is 2. The fraction of sp³-hybridized carbons (Fsp3) is 0.263. The maximum atomic E-state index is 12.6. The Kier molecular flexibility index (Phi) is 3.72. The maximum absolute atomic E-state index is 12.6. The lowest BCUT2D eigenvalue weighted by molar-refractivity contribution is -0.119. The predicted molar refractivity (Wildman–Crippen MR) is 90.3 cm³/mol. The molecular formula is C19H17NO6. The van der Waals surface area contributed by atoms with Gasteiger partial charge in [0.1, 0.15) is 34.7 Å². The number of amides is 1. The molecule has 0 aromatic heterocycles. The van der Waals surface area contributed by atoms with Crippen LogP contribution >= 0.6 is 0 Å². The number of phenols is 3. The highest BCUT2D eigenvalue weighted by molar-refractivity contribution is 6.03. The molecule has 7 heteroatoms. The van der Waals surface area contributed by atoms with Gasteiger partial charge in [-0.3, -0.25) is 9.59 Å². The van der Waals surface area contributed by atoms with Crippen molar-refractivity contribution in [2.75, 3.05) is 0 Å². The number of hydrogen-bond donors (Lipinski definition) is 4. The van der Waals surface area contributed by atoms with Crippen LogP contribution in [0, 0.1) is 0 Å². The molecule has 0 unspecified atom stereocenters. The summed E-state index contributed by atoms with van der Waals surface area (Å²) < 4.78 is 5.99. The minimum absolute atomic E-state index is 0.0204. The summed E-state index contributed by atoms with van der Waals surface area (Å²) >= 11 is 0. The minimum Gasteiger partial charge on any atom is -0.508 e. The average molecular weight is 355 g/mol. The van der Waals surface area contributed by atoms with Crippen molar-refractivity contribution in [1.82, 2.24) is 5.32 Å². The summed E-state index contributed by atoms with van der Waals surface area (Å²) in [5.41, 5.74) is 1.01. The lowest BCUT2D eigenvalue weighted by Crippen LogP contribution is -2.24. The molecule has 2 aromatic rings. The van der Waals surface area contributed by atoms with Gasteiger partial charge in [0.2, 0.25) is 5.91 Å². The Morgan fingerprint density at radius 2 is 1.77 bits per heavy atom. The molecule has 1 amide bonds. The van der Waals surface area contributed by atoms with Crippen molar-refractivity contribution in [1.29, 1.82) is 0 Å². The summed E-state index contributed by atoms with van der Waals surface area (Å²) in [5.74, 6) is -0.835. The monoisotopic (exact) mass is 355 g/mol. The molecule has 1 fully saturated rings. The second-order valence-corrected chi connectivity index (χ2v) is 6.52. The van der Waals surface area contributed by atoms with Crippen molar-refractivity contribution in [3.05, 3.63) is 47.0 Å². The summed E-state index contributed by atoms with van der Waals surface area (Å²) in [6, 6.07) is 6.92. The molecule has 2 aromatic carbocycles. The summed E-state index contributed by atoms with van der Waals surface area (Å²) in [4.78, 5) is 24.2. The van der Waals surface area contributed by atoms with E-state index in [0.717, 1.165) is 6.07 Å². The van der Waals surface area contributed by atoms with Crippen molar-refractivity contribution >= 4 is 11.7 Å². The number of benzene rings is 2. The number of nitrogens with one attached hydrogen (secondary N) is 1. The fourth-order valence-corrected chi connectivity index (χ4v) is 3.54. The molecule has 0 radical (unpaired) electrons. The lowest BCUT2D eigenvalue weighted by atomic mass is 9.91. The molecule has 2 aliphatic rings. The van der Waals surface area contributed by atoms with Crippen molar-refractivity contribution in [3.63, 3.8) is 0 Å². The van der Waals surface area contributed by atoms with E-state index in [1.54, 1.807) is 12.1 Å². The van der Waals surface area contributed by atoms with Crippen LogP contribution in [0.25, 0.3) is 0 Å². The number of fused-ring (bicyclic) bond motifs is 1. The number of Topliss-reactive ketones (excluding diaryl/α,β-unsaturated/α-hetero) is 1. The van der Waals surface area contributed by atoms with Gasteiger partial charge < -0.3 is 25.4 Å². The molecule has 0 bridgehead atoms. The van der Waals surface area contributed by atoms with Crippen LogP contribution < -0.4 is 10.1 Å². The third-order valence-corrected chi connectivity index (χ3v) is 4.80. The van der Waals surface area contributed by atoms with Crippen LogP contribution in [0.15, 0.2) is 30.3 Å². The maximum Gasteiger partial charge on any atom is 0.220 e. The predicted octanol–water partition coefficient (Wildman–Crippen LogP) is 2.46. The zero-order valence-electron chi connectivity index (χ0n) is 13.7. The van der Waals surface area contributed by atoms with Gasteiger partial charge in [-0.2, -0.15) is 0 Å². The van der Waals surface area contributed by atoms with Gasteiger partial charge in [-0.1, -0.05) is 12.1 Å². The second kappa shape index (κ2) is 5.94. The fourth-order valence-electron chi connectivity index (χ4n) is 3.54. The van der Waals surface area contributed by atoms with Gasteiger partial charge in [0.25, 0.3) is 0 Å². The first-order valence-electron chi connectivity index (χ1n) is 8.31. The van der Waals surface area contributed by atoms with Crippen LogP contribution in [-0.4, -0.2) is 27.0 Å². The molecule has 0 aliphatic carbocycles. The van der Waals surface area contributed by atoms with Crippen molar-refractivity contribution in [2.24, 2.45) is 0 Å². The van der Waals surface area contributed by atoms with Crippen LogP contribution in [0.5, 0.6) is 23.0 Å². The number of hydrogen-bond acceptors (Lipinski definition) is 6. The molecule has 0 spiro atoms.